The first-order valence-corrected chi connectivity index (χ1v) is 5.63. The van der Waals surface area contributed by atoms with Gasteiger partial charge < -0.3 is 5.73 Å². The van der Waals surface area contributed by atoms with E-state index in [0.717, 1.165) is 25.1 Å². The molecule has 1 aromatic rings. The molecule has 86 valence electrons. The summed E-state index contributed by atoms with van der Waals surface area (Å²) in [4.78, 5) is 0. The smallest absolute Gasteiger partial charge is 0.0628 e. The van der Waals surface area contributed by atoms with Crippen molar-refractivity contribution in [3.8, 4) is 0 Å². The minimum absolute atomic E-state index is 0.0653. The molecule has 0 spiro atoms. The predicted octanol–water partition coefficient (Wildman–Crippen LogP) is 2.15. The van der Waals surface area contributed by atoms with Crippen LogP contribution in [0.15, 0.2) is 0 Å². The van der Waals surface area contributed by atoms with Gasteiger partial charge in [0.1, 0.15) is 0 Å². The molecule has 0 aliphatic rings. The van der Waals surface area contributed by atoms with Crippen LogP contribution >= 0.6 is 0 Å². The SMILES string of the molecule is Cc1nn(C(C)(C)C)c(C)c1CCCN. The quantitative estimate of drug-likeness (QED) is 0.829. The number of hydrogen-bond acceptors (Lipinski definition) is 2. The standard InChI is InChI=1S/C12H23N3/c1-9-11(7-6-8-13)10(2)15(14-9)12(3,4)5/h6-8,13H2,1-5H3. The first-order valence-electron chi connectivity index (χ1n) is 5.63. The van der Waals surface area contributed by atoms with E-state index in [1.54, 1.807) is 0 Å². The first-order chi connectivity index (χ1) is 6.88. The second-order valence-electron chi connectivity index (χ2n) is 5.12. The Balaban J connectivity index is 3.04. The maximum absolute atomic E-state index is 5.54. The predicted molar refractivity (Wildman–Crippen MR) is 64.1 cm³/mol. The summed E-state index contributed by atoms with van der Waals surface area (Å²) in [6.45, 7) is 11.5. The summed E-state index contributed by atoms with van der Waals surface area (Å²) in [7, 11) is 0. The lowest BCUT2D eigenvalue weighted by molar-refractivity contribution is 0.346. The average molecular weight is 209 g/mol. The van der Waals surface area contributed by atoms with E-state index in [2.05, 4.69) is 44.4 Å². The number of aryl methyl sites for hydroxylation is 1. The van der Waals surface area contributed by atoms with Gasteiger partial charge in [-0.3, -0.25) is 4.68 Å². The Kier molecular flexibility index (Phi) is 3.55. The molecule has 0 atom stereocenters. The van der Waals surface area contributed by atoms with Crippen LogP contribution in [0.2, 0.25) is 0 Å². The molecular formula is C12H23N3. The molecule has 0 saturated heterocycles. The molecule has 1 heterocycles. The van der Waals surface area contributed by atoms with Crippen molar-refractivity contribution < 1.29 is 0 Å². The van der Waals surface area contributed by atoms with Gasteiger partial charge in [0.05, 0.1) is 11.2 Å². The summed E-state index contributed by atoms with van der Waals surface area (Å²) < 4.78 is 2.12. The molecule has 15 heavy (non-hydrogen) atoms. The van der Waals surface area contributed by atoms with Crippen molar-refractivity contribution in [2.24, 2.45) is 5.73 Å². The van der Waals surface area contributed by atoms with E-state index >= 15 is 0 Å². The van der Waals surface area contributed by atoms with Gasteiger partial charge >= 0.3 is 0 Å². The molecule has 0 bridgehead atoms. The van der Waals surface area contributed by atoms with Crippen molar-refractivity contribution in [2.45, 2.75) is 53.0 Å². The molecule has 3 heteroatoms. The van der Waals surface area contributed by atoms with Crippen molar-refractivity contribution in [3.63, 3.8) is 0 Å². The van der Waals surface area contributed by atoms with Crippen molar-refractivity contribution in [3.05, 3.63) is 17.0 Å². The molecule has 3 nitrogen and oxygen atoms in total. The molecule has 0 aliphatic heterocycles. The highest BCUT2D eigenvalue weighted by atomic mass is 15.3. The number of hydrogen-bond donors (Lipinski definition) is 1. The van der Waals surface area contributed by atoms with E-state index in [0.29, 0.717) is 0 Å². The maximum atomic E-state index is 5.54. The fraction of sp³-hybridized carbons (Fsp3) is 0.750. The second-order valence-corrected chi connectivity index (χ2v) is 5.12. The van der Waals surface area contributed by atoms with Crippen LogP contribution in [-0.4, -0.2) is 16.3 Å². The molecule has 0 aliphatic carbocycles. The van der Waals surface area contributed by atoms with E-state index < -0.39 is 0 Å². The average Bonchev–Trinajstić information content (AvgIpc) is 2.39. The minimum Gasteiger partial charge on any atom is -0.330 e. The van der Waals surface area contributed by atoms with Crippen LogP contribution < -0.4 is 5.73 Å². The van der Waals surface area contributed by atoms with Gasteiger partial charge in [0.2, 0.25) is 0 Å². The van der Waals surface area contributed by atoms with Crippen molar-refractivity contribution in [2.75, 3.05) is 6.54 Å². The lowest BCUT2D eigenvalue weighted by atomic mass is 10.1. The third kappa shape index (κ3) is 2.59. The topological polar surface area (TPSA) is 43.8 Å². The zero-order valence-electron chi connectivity index (χ0n) is 10.6. The summed E-state index contributed by atoms with van der Waals surface area (Å²) >= 11 is 0. The normalized spacial score (nSPS) is 12.1. The van der Waals surface area contributed by atoms with Gasteiger partial charge in [0.15, 0.2) is 0 Å². The highest BCUT2D eigenvalue weighted by Crippen LogP contribution is 2.22. The lowest BCUT2D eigenvalue weighted by Crippen LogP contribution is -2.24. The number of nitrogens with two attached hydrogens (primary N) is 1. The van der Waals surface area contributed by atoms with Gasteiger partial charge in [-0.2, -0.15) is 5.10 Å². The third-order valence-corrected chi connectivity index (χ3v) is 2.71. The molecule has 0 unspecified atom stereocenters. The molecule has 0 amide bonds. The molecule has 0 fully saturated rings. The highest BCUT2D eigenvalue weighted by molar-refractivity contribution is 5.25. The van der Waals surface area contributed by atoms with Gasteiger partial charge in [-0.15, -0.1) is 0 Å². The van der Waals surface area contributed by atoms with Crippen LogP contribution in [0.4, 0.5) is 0 Å². The van der Waals surface area contributed by atoms with E-state index in [4.69, 9.17) is 5.73 Å². The molecule has 2 N–H and O–H groups in total. The minimum atomic E-state index is 0.0653. The molecular weight excluding hydrogens is 186 g/mol. The number of nitrogens with zero attached hydrogens (tertiary/aromatic N) is 2. The lowest BCUT2D eigenvalue weighted by Gasteiger charge is -2.21. The summed E-state index contributed by atoms with van der Waals surface area (Å²) in [5, 5.41) is 4.61. The van der Waals surface area contributed by atoms with Gasteiger partial charge in [-0.1, -0.05) is 0 Å². The Morgan fingerprint density at radius 3 is 2.27 bits per heavy atom. The second kappa shape index (κ2) is 4.35. The van der Waals surface area contributed by atoms with Crippen LogP contribution in [0, 0.1) is 13.8 Å². The monoisotopic (exact) mass is 209 g/mol. The Hall–Kier alpha value is -0.830. The van der Waals surface area contributed by atoms with Gasteiger partial charge in [-0.05, 0) is 59.6 Å². The Morgan fingerprint density at radius 2 is 1.87 bits per heavy atom. The number of rotatable bonds is 3. The van der Waals surface area contributed by atoms with Gasteiger partial charge in [-0.25, -0.2) is 0 Å². The largest absolute Gasteiger partial charge is 0.330 e. The van der Waals surface area contributed by atoms with Crippen molar-refractivity contribution in [1.29, 1.82) is 0 Å². The van der Waals surface area contributed by atoms with Crippen molar-refractivity contribution >= 4 is 0 Å². The Morgan fingerprint density at radius 1 is 1.27 bits per heavy atom. The Bertz CT molecular complexity index is 331. The van der Waals surface area contributed by atoms with E-state index in [-0.39, 0.29) is 5.54 Å². The van der Waals surface area contributed by atoms with E-state index in [1.807, 2.05) is 0 Å². The number of aromatic nitrogens is 2. The van der Waals surface area contributed by atoms with E-state index in [1.165, 1.54) is 11.3 Å². The first kappa shape index (κ1) is 12.2. The summed E-state index contributed by atoms with van der Waals surface area (Å²) in [5.41, 5.74) is 9.41. The molecule has 0 aromatic carbocycles. The van der Waals surface area contributed by atoms with E-state index in [9.17, 15) is 0 Å². The third-order valence-electron chi connectivity index (χ3n) is 2.71. The van der Waals surface area contributed by atoms with Crippen LogP contribution in [0.1, 0.15) is 44.1 Å². The van der Waals surface area contributed by atoms with Crippen molar-refractivity contribution in [1.82, 2.24) is 9.78 Å². The molecule has 1 aromatic heterocycles. The van der Waals surface area contributed by atoms with Crippen LogP contribution in [0.3, 0.4) is 0 Å². The van der Waals surface area contributed by atoms with Crippen LogP contribution in [0.5, 0.6) is 0 Å². The van der Waals surface area contributed by atoms with Crippen LogP contribution in [0.25, 0.3) is 0 Å². The van der Waals surface area contributed by atoms with Gasteiger partial charge in [0, 0.05) is 5.69 Å². The zero-order valence-corrected chi connectivity index (χ0v) is 10.6. The molecule has 0 saturated carbocycles. The summed E-state index contributed by atoms with van der Waals surface area (Å²) in [6.07, 6.45) is 2.09. The maximum Gasteiger partial charge on any atom is 0.0628 e. The fourth-order valence-electron chi connectivity index (χ4n) is 1.97. The molecule has 0 radical (unpaired) electrons. The van der Waals surface area contributed by atoms with Crippen LogP contribution in [-0.2, 0) is 12.0 Å². The zero-order chi connectivity index (χ0) is 11.6. The summed E-state index contributed by atoms with van der Waals surface area (Å²) in [5.74, 6) is 0. The highest BCUT2D eigenvalue weighted by Gasteiger charge is 2.20. The fourth-order valence-corrected chi connectivity index (χ4v) is 1.97. The Labute approximate surface area is 92.7 Å². The molecule has 1 rings (SSSR count). The summed E-state index contributed by atoms with van der Waals surface area (Å²) in [6, 6.07) is 0. The van der Waals surface area contributed by atoms with Gasteiger partial charge in [0.25, 0.3) is 0 Å².